The topological polar surface area (TPSA) is 44.8 Å². The van der Waals surface area contributed by atoms with Gasteiger partial charge >= 0.3 is 5.97 Å². The minimum absolute atomic E-state index is 0.161. The molecule has 0 radical (unpaired) electrons. The second-order valence-electron chi connectivity index (χ2n) is 6.62. The van der Waals surface area contributed by atoms with E-state index < -0.39 is 5.54 Å². The number of piperazine rings is 1. The third kappa shape index (κ3) is 4.94. The normalized spacial score (nSPS) is 27.3. The van der Waals surface area contributed by atoms with Crippen LogP contribution < -0.4 is 5.32 Å². The van der Waals surface area contributed by atoms with E-state index in [0.29, 0.717) is 12.1 Å². The second-order valence-corrected chi connectivity index (χ2v) is 6.62. The number of methoxy groups -OCH3 is 1. The molecule has 1 rings (SSSR count). The van der Waals surface area contributed by atoms with E-state index >= 15 is 0 Å². The molecule has 1 saturated heterocycles. The Morgan fingerprint density at radius 2 is 1.90 bits per heavy atom. The zero-order valence-electron chi connectivity index (χ0n) is 14.6. The Bertz CT molecular complexity index is 325. The van der Waals surface area contributed by atoms with Gasteiger partial charge in [0.15, 0.2) is 0 Å². The van der Waals surface area contributed by atoms with Crippen LogP contribution in [-0.4, -0.2) is 73.7 Å². The number of esters is 1. The number of carbonyl (C=O) groups excluding carboxylic acids is 1. The van der Waals surface area contributed by atoms with E-state index in [1.54, 1.807) is 0 Å². The SMILES string of the molecule is CCCNC(C)(CCN1CC(C)N(C)C(C)C1)C(=O)OC. The molecule has 0 aliphatic carbocycles. The number of ether oxygens (including phenoxy) is 1. The summed E-state index contributed by atoms with van der Waals surface area (Å²) in [6.45, 7) is 12.5. The van der Waals surface area contributed by atoms with Crippen LogP contribution in [-0.2, 0) is 9.53 Å². The van der Waals surface area contributed by atoms with Crippen LogP contribution in [0.2, 0.25) is 0 Å². The smallest absolute Gasteiger partial charge is 0.325 e. The Morgan fingerprint density at radius 3 is 2.38 bits per heavy atom. The Labute approximate surface area is 130 Å². The molecule has 1 N–H and O–H groups in total. The largest absolute Gasteiger partial charge is 0.468 e. The predicted octanol–water partition coefficient (Wildman–Crippen LogP) is 1.33. The van der Waals surface area contributed by atoms with Gasteiger partial charge in [-0.05, 0) is 47.2 Å². The van der Waals surface area contributed by atoms with Gasteiger partial charge in [-0.25, -0.2) is 0 Å². The number of nitrogens with one attached hydrogen (secondary N) is 1. The van der Waals surface area contributed by atoms with Crippen molar-refractivity contribution in [1.29, 1.82) is 0 Å². The standard InChI is InChI=1S/C16H33N3O2/c1-7-9-17-16(4,15(20)21-6)8-10-19-11-13(2)18(5)14(3)12-19/h13-14,17H,7-12H2,1-6H3. The highest BCUT2D eigenvalue weighted by Crippen LogP contribution is 2.17. The number of hydrogen-bond acceptors (Lipinski definition) is 5. The third-order valence-corrected chi connectivity index (χ3v) is 4.76. The minimum Gasteiger partial charge on any atom is -0.468 e. The zero-order chi connectivity index (χ0) is 16.0. The van der Waals surface area contributed by atoms with E-state index in [9.17, 15) is 4.79 Å². The molecule has 0 aromatic rings. The fourth-order valence-electron chi connectivity index (χ4n) is 2.97. The summed E-state index contributed by atoms with van der Waals surface area (Å²) in [6, 6.07) is 1.11. The maximum absolute atomic E-state index is 12.1. The lowest BCUT2D eigenvalue weighted by Gasteiger charge is -2.43. The Morgan fingerprint density at radius 1 is 1.33 bits per heavy atom. The van der Waals surface area contributed by atoms with Crippen molar-refractivity contribution >= 4 is 5.97 Å². The number of carbonyl (C=O) groups is 1. The first kappa shape index (κ1) is 18.4. The molecule has 5 nitrogen and oxygen atoms in total. The fourth-order valence-corrected chi connectivity index (χ4v) is 2.97. The molecule has 21 heavy (non-hydrogen) atoms. The molecule has 0 spiro atoms. The van der Waals surface area contributed by atoms with Gasteiger partial charge in [0, 0.05) is 31.7 Å². The van der Waals surface area contributed by atoms with Gasteiger partial charge < -0.3 is 15.0 Å². The molecule has 1 fully saturated rings. The van der Waals surface area contributed by atoms with Crippen LogP contribution in [0, 0.1) is 0 Å². The van der Waals surface area contributed by atoms with Crippen molar-refractivity contribution in [3.8, 4) is 0 Å². The molecule has 124 valence electrons. The van der Waals surface area contributed by atoms with Crippen LogP contribution in [0.25, 0.3) is 0 Å². The summed E-state index contributed by atoms with van der Waals surface area (Å²) in [6.07, 6.45) is 1.79. The highest BCUT2D eigenvalue weighted by atomic mass is 16.5. The summed E-state index contributed by atoms with van der Waals surface area (Å²) >= 11 is 0. The lowest BCUT2D eigenvalue weighted by atomic mass is 9.96. The molecule has 3 atom stereocenters. The molecule has 1 heterocycles. The predicted molar refractivity (Wildman–Crippen MR) is 86.5 cm³/mol. The highest BCUT2D eigenvalue weighted by molar-refractivity contribution is 5.80. The first-order valence-electron chi connectivity index (χ1n) is 8.11. The minimum atomic E-state index is -0.583. The highest BCUT2D eigenvalue weighted by Gasteiger charge is 2.35. The summed E-state index contributed by atoms with van der Waals surface area (Å²) in [5.41, 5.74) is -0.583. The van der Waals surface area contributed by atoms with Gasteiger partial charge in [0.25, 0.3) is 0 Å². The zero-order valence-corrected chi connectivity index (χ0v) is 14.6. The first-order valence-corrected chi connectivity index (χ1v) is 8.11. The third-order valence-electron chi connectivity index (χ3n) is 4.76. The van der Waals surface area contributed by atoms with Crippen molar-refractivity contribution in [3.05, 3.63) is 0 Å². The maximum Gasteiger partial charge on any atom is 0.325 e. The molecule has 0 amide bonds. The summed E-state index contributed by atoms with van der Waals surface area (Å²) in [7, 11) is 3.66. The maximum atomic E-state index is 12.1. The molecule has 1 aliphatic rings. The summed E-state index contributed by atoms with van der Waals surface area (Å²) < 4.78 is 4.98. The quantitative estimate of drug-likeness (QED) is 0.719. The lowest BCUT2D eigenvalue weighted by Crippen LogP contribution is -2.57. The molecular formula is C16H33N3O2. The van der Waals surface area contributed by atoms with E-state index in [0.717, 1.165) is 39.0 Å². The molecular weight excluding hydrogens is 266 g/mol. The molecule has 0 bridgehead atoms. The number of likely N-dealkylation sites (N-methyl/N-ethyl adjacent to an activating group) is 1. The lowest BCUT2D eigenvalue weighted by molar-refractivity contribution is -0.148. The van der Waals surface area contributed by atoms with Gasteiger partial charge in [-0.15, -0.1) is 0 Å². The monoisotopic (exact) mass is 299 g/mol. The van der Waals surface area contributed by atoms with Crippen molar-refractivity contribution in [2.24, 2.45) is 0 Å². The molecule has 0 aromatic heterocycles. The number of hydrogen-bond donors (Lipinski definition) is 1. The van der Waals surface area contributed by atoms with Crippen molar-refractivity contribution in [3.63, 3.8) is 0 Å². The van der Waals surface area contributed by atoms with Crippen molar-refractivity contribution < 1.29 is 9.53 Å². The van der Waals surface area contributed by atoms with Crippen molar-refractivity contribution in [2.45, 2.75) is 58.2 Å². The Kier molecular flexibility index (Phi) is 7.10. The van der Waals surface area contributed by atoms with E-state index in [1.165, 1.54) is 7.11 Å². The fraction of sp³-hybridized carbons (Fsp3) is 0.938. The summed E-state index contributed by atoms with van der Waals surface area (Å²) in [5.74, 6) is -0.161. The Balaban J connectivity index is 2.58. The van der Waals surface area contributed by atoms with Gasteiger partial charge in [-0.3, -0.25) is 9.69 Å². The van der Waals surface area contributed by atoms with E-state index in [2.05, 4.69) is 42.9 Å². The molecule has 3 unspecified atom stereocenters. The average Bonchev–Trinajstić information content (AvgIpc) is 2.47. The number of nitrogens with zero attached hydrogens (tertiary/aromatic N) is 2. The van der Waals surface area contributed by atoms with Gasteiger partial charge in [0.2, 0.25) is 0 Å². The van der Waals surface area contributed by atoms with Crippen LogP contribution in [0.4, 0.5) is 0 Å². The van der Waals surface area contributed by atoms with Gasteiger partial charge in [0.1, 0.15) is 5.54 Å². The average molecular weight is 299 g/mol. The van der Waals surface area contributed by atoms with Gasteiger partial charge in [-0.1, -0.05) is 6.92 Å². The van der Waals surface area contributed by atoms with Crippen LogP contribution in [0.1, 0.15) is 40.5 Å². The van der Waals surface area contributed by atoms with Gasteiger partial charge in [-0.2, -0.15) is 0 Å². The van der Waals surface area contributed by atoms with E-state index in [4.69, 9.17) is 4.74 Å². The van der Waals surface area contributed by atoms with Crippen LogP contribution in [0.5, 0.6) is 0 Å². The second kappa shape index (κ2) is 8.11. The van der Waals surface area contributed by atoms with Crippen LogP contribution in [0.15, 0.2) is 0 Å². The van der Waals surface area contributed by atoms with Crippen molar-refractivity contribution in [1.82, 2.24) is 15.1 Å². The first-order chi connectivity index (χ1) is 9.84. The summed E-state index contributed by atoms with van der Waals surface area (Å²) in [5, 5.41) is 3.36. The van der Waals surface area contributed by atoms with Crippen LogP contribution in [0.3, 0.4) is 0 Å². The molecule has 1 aliphatic heterocycles. The molecule has 0 aromatic carbocycles. The van der Waals surface area contributed by atoms with Gasteiger partial charge in [0.05, 0.1) is 7.11 Å². The Hall–Kier alpha value is -0.650. The van der Waals surface area contributed by atoms with Crippen molar-refractivity contribution in [2.75, 3.05) is 40.3 Å². The summed E-state index contributed by atoms with van der Waals surface area (Å²) in [4.78, 5) is 17.0. The van der Waals surface area contributed by atoms with E-state index in [-0.39, 0.29) is 5.97 Å². The molecule has 5 heteroatoms. The van der Waals surface area contributed by atoms with Crippen LogP contribution >= 0.6 is 0 Å². The van der Waals surface area contributed by atoms with E-state index in [1.807, 2.05) is 6.92 Å². The number of rotatable bonds is 7. The molecule has 0 saturated carbocycles.